The van der Waals surface area contributed by atoms with E-state index in [1.807, 2.05) is 6.92 Å². The lowest BCUT2D eigenvalue weighted by molar-refractivity contribution is -0.122. The first-order valence-electron chi connectivity index (χ1n) is 4.61. The molecule has 1 unspecified atom stereocenters. The Morgan fingerprint density at radius 3 is 2.47 bits per heavy atom. The number of urea groups is 1. The molecule has 0 radical (unpaired) electrons. The number of hydrogen-bond acceptors (Lipinski definition) is 2. The van der Waals surface area contributed by atoms with Crippen LogP contribution in [0.3, 0.4) is 0 Å². The number of halogens is 3. The van der Waals surface area contributed by atoms with Gasteiger partial charge >= 0.3 is 12.2 Å². The summed E-state index contributed by atoms with van der Waals surface area (Å²) in [5.41, 5.74) is 0. The van der Waals surface area contributed by atoms with Crippen LogP contribution in [-0.2, 0) is 0 Å². The van der Waals surface area contributed by atoms with Gasteiger partial charge in [-0.15, -0.1) is 0 Å². The molecule has 0 aliphatic carbocycles. The minimum atomic E-state index is -4.42. The fraction of sp³-hybridized carbons (Fsp3) is 0.875. The predicted octanol–water partition coefficient (Wildman–Crippen LogP) is 1.01. The van der Waals surface area contributed by atoms with Crippen LogP contribution in [0, 0.1) is 0 Å². The summed E-state index contributed by atoms with van der Waals surface area (Å²) in [6, 6.07) is -0.928. The van der Waals surface area contributed by atoms with E-state index in [2.05, 4.69) is 5.32 Å². The Bertz CT molecular complexity index is 197. The van der Waals surface area contributed by atoms with E-state index in [0.717, 1.165) is 6.42 Å². The van der Waals surface area contributed by atoms with Gasteiger partial charge in [0.1, 0.15) is 6.54 Å². The van der Waals surface area contributed by atoms with Crippen LogP contribution in [0.2, 0.25) is 0 Å². The van der Waals surface area contributed by atoms with Crippen LogP contribution in [0.1, 0.15) is 19.8 Å². The third-order valence-corrected chi connectivity index (χ3v) is 1.57. The maximum Gasteiger partial charge on any atom is 0.405 e. The zero-order valence-electron chi connectivity index (χ0n) is 8.40. The Labute approximate surface area is 85.8 Å². The van der Waals surface area contributed by atoms with Crippen molar-refractivity contribution < 1.29 is 23.1 Å². The molecule has 0 aromatic rings. The van der Waals surface area contributed by atoms with Crippen LogP contribution in [0.4, 0.5) is 18.0 Å². The van der Waals surface area contributed by atoms with E-state index in [1.165, 1.54) is 0 Å². The average Bonchev–Trinajstić information content (AvgIpc) is 2.11. The standard InChI is InChI=1S/C8H15F3N2O2/c1-2-3-6(14)4-12-7(15)13-5-8(9,10)11/h6,14H,2-5H2,1H3,(H2,12,13,15). The molecule has 0 saturated carbocycles. The third kappa shape index (κ3) is 9.33. The van der Waals surface area contributed by atoms with Crippen molar-refractivity contribution in [3.63, 3.8) is 0 Å². The highest BCUT2D eigenvalue weighted by atomic mass is 19.4. The van der Waals surface area contributed by atoms with Crippen LogP contribution in [0.25, 0.3) is 0 Å². The zero-order chi connectivity index (χ0) is 11.9. The van der Waals surface area contributed by atoms with Crippen LogP contribution >= 0.6 is 0 Å². The second-order valence-electron chi connectivity index (χ2n) is 3.12. The van der Waals surface area contributed by atoms with Crippen molar-refractivity contribution in [3.05, 3.63) is 0 Å². The summed E-state index contributed by atoms with van der Waals surface area (Å²) in [5.74, 6) is 0. The molecule has 0 aliphatic rings. The number of aliphatic hydroxyl groups is 1. The fourth-order valence-corrected chi connectivity index (χ4v) is 0.889. The summed E-state index contributed by atoms with van der Waals surface area (Å²) in [5, 5.41) is 12.9. The largest absolute Gasteiger partial charge is 0.405 e. The lowest BCUT2D eigenvalue weighted by Crippen LogP contribution is -2.43. The summed E-state index contributed by atoms with van der Waals surface area (Å²) < 4.78 is 34.9. The second-order valence-corrected chi connectivity index (χ2v) is 3.12. The van der Waals surface area contributed by atoms with E-state index in [-0.39, 0.29) is 6.54 Å². The highest BCUT2D eigenvalue weighted by Gasteiger charge is 2.27. The van der Waals surface area contributed by atoms with Crippen molar-refractivity contribution >= 4 is 6.03 Å². The molecular formula is C8H15F3N2O2. The zero-order valence-corrected chi connectivity index (χ0v) is 8.40. The molecule has 1 atom stereocenters. The van der Waals surface area contributed by atoms with Crippen molar-refractivity contribution in [1.82, 2.24) is 10.6 Å². The van der Waals surface area contributed by atoms with Gasteiger partial charge < -0.3 is 15.7 Å². The Balaban J connectivity index is 3.58. The Kier molecular flexibility index (Phi) is 6.07. The molecule has 3 N–H and O–H groups in total. The Hall–Kier alpha value is -0.980. The number of aliphatic hydroxyl groups excluding tert-OH is 1. The van der Waals surface area contributed by atoms with Crippen molar-refractivity contribution in [1.29, 1.82) is 0 Å². The minimum Gasteiger partial charge on any atom is -0.391 e. The average molecular weight is 228 g/mol. The monoisotopic (exact) mass is 228 g/mol. The summed E-state index contributed by atoms with van der Waals surface area (Å²) in [6.07, 6.45) is -3.89. The molecule has 7 heteroatoms. The highest BCUT2D eigenvalue weighted by Crippen LogP contribution is 2.11. The number of carbonyl (C=O) groups is 1. The topological polar surface area (TPSA) is 61.4 Å². The Morgan fingerprint density at radius 1 is 1.40 bits per heavy atom. The van der Waals surface area contributed by atoms with E-state index in [0.29, 0.717) is 6.42 Å². The van der Waals surface area contributed by atoms with Gasteiger partial charge in [0.05, 0.1) is 6.10 Å². The smallest absolute Gasteiger partial charge is 0.391 e. The second kappa shape index (κ2) is 6.49. The summed E-state index contributed by atoms with van der Waals surface area (Å²) >= 11 is 0. The normalized spacial score (nSPS) is 13.4. The van der Waals surface area contributed by atoms with Crippen molar-refractivity contribution in [2.45, 2.75) is 32.0 Å². The van der Waals surface area contributed by atoms with Gasteiger partial charge in [0, 0.05) is 6.54 Å². The summed E-state index contributed by atoms with van der Waals surface area (Å²) in [6.45, 7) is 0.438. The van der Waals surface area contributed by atoms with Gasteiger partial charge in [0.2, 0.25) is 0 Å². The van der Waals surface area contributed by atoms with Crippen molar-refractivity contribution in [2.75, 3.05) is 13.1 Å². The molecule has 90 valence electrons. The molecule has 0 aromatic heterocycles. The molecule has 0 aliphatic heterocycles. The number of nitrogens with one attached hydrogen (secondary N) is 2. The van der Waals surface area contributed by atoms with E-state index < -0.39 is 24.9 Å². The molecular weight excluding hydrogens is 213 g/mol. The van der Waals surface area contributed by atoms with E-state index in [9.17, 15) is 18.0 Å². The maximum absolute atomic E-state index is 11.6. The van der Waals surface area contributed by atoms with Crippen LogP contribution in [-0.4, -0.2) is 36.5 Å². The highest BCUT2D eigenvalue weighted by molar-refractivity contribution is 5.73. The minimum absolute atomic E-state index is 0.0441. The molecule has 0 spiro atoms. The van der Waals surface area contributed by atoms with E-state index >= 15 is 0 Å². The van der Waals surface area contributed by atoms with E-state index in [4.69, 9.17) is 5.11 Å². The molecule has 15 heavy (non-hydrogen) atoms. The lowest BCUT2D eigenvalue weighted by atomic mass is 10.2. The van der Waals surface area contributed by atoms with Crippen LogP contribution in [0.5, 0.6) is 0 Å². The molecule has 0 aromatic carbocycles. The number of hydrogen-bond donors (Lipinski definition) is 3. The van der Waals surface area contributed by atoms with Crippen molar-refractivity contribution in [3.8, 4) is 0 Å². The molecule has 0 saturated heterocycles. The molecule has 0 bridgehead atoms. The summed E-state index contributed by atoms with van der Waals surface area (Å²) in [4.78, 5) is 10.8. The number of carbonyl (C=O) groups excluding carboxylic acids is 1. The van der Waals surface area contributed by atoms with Gasteiger partial charge in [-0.1, -0.05) is 13.3 Å². The third-order valence-electron chi connectivity index (χ3n) is 1.57. The first kappa shape index (κ1) is 14.0. The van der Waals surface area contributed by atoms with Crippen LogP contribution in [0.15, 0.2) is 0 Å². The number of rotatable bonds is 5. The van der Waals surface area contributed by atoms with Gasteiger partial charge in [0.25, 0.3) is 0 Å². The molecule has 2 amide bonds. The van der Waals surface area contributed by atoms with Gasteiger partial charge in [-0.05, 0) is 6.42 Å². The van der Waals surface area contributed by atoms with Crippen LogP contribution < -0.4 is 10.6 Å². The summed E-state index contributed by atoms with van der Waals surface area (Å²) in [7, 11) is 0. The lowest BCUT2D eigenvalue weighted by Gasteiger charge is -2.12. The first-order chi connectivity index (χ1) is 6.85. The number of alkyl halides is 3. The Morgan fingerprint density at radius 2 is 2.00 bits per heavy atom. The van der Waals surface area contributed by atoms with Gasteiger partial charge in [0.15, 0.2) is 0 Å². The van der Waals surface area contributed by atoms with Gasteiger partial charge in [-0.3, -0.25) is 0 Å². The van der Waals surface area contributed by atoms with Gasteiger partial charge in [-0.25, -0.2) is 4.79 Å². The predicted molar refractivity (Wildman–Crippen MR) is 48.4 cm³/mol. The molecule has 0 fully saturated rings. The van der Waals surface area contributed by atoms with Gasteiger partial charge in [-0.2, -0.15) is 13.2 Å². The van der Waals surface area contributed by atoms with Crippen molar-refractivity contribution in [2.24, 2.45) is 0 Å². The number of amides is 2. The quantitative estimate of drug-likeness (QED) is 0.657. The van der Waals surface area contributed by atoms with E-state index in [1.54, 1.807) is 5.32 Å². The fourth-order valence-electron chi connectivity index (χ4n) is 0.889. The molecule has 0 rings (SSSR count). The molecule has 0 heterocycles. The SMILES string of the molecule is CCCC(O)CNC(=O)NCC(F)(F)F. The molecule has 4 nitrogen and oxygen atoms in total. The maximum atomic E-state index is 11.6. The first-order valence-corrected chi connectivity index (χ1v) is 4.61.